The highest BCUT2D eigenvalue weighted by molar-refractivity contribution is 4.88. The van der Waals surface area contributed by atoms with Crippen LogP contribution in [0.1, 0.15) is 53.9 Å². The van der Waals surface area contributed by atoms with Gasteiger partial charge in [0.05, 0.1) is 0 Å². The number of nitrogens with one attached hydrogen (secondary N) is 1. The summed E-state index contributed by atoms with van der Waals surface area (Å²) >= 11 is 0. The van der Waals surface area contributed by atoms with E-state index in [0.717, 1.165) is 12.6 Å². The second-order valence-corrected chi connectivity index (χ2v) is 5.53. The molecule has 1 fully saturated rings. The number of hydrogen-bond donors (Lipinski definition) is 1. The maximum atomic E-state index is 3.66. The zero-order chi connectivity index (χ0) is 11.5. The Hall–Kier alpha value is -0.0800. The predicted molar refractivity (Wildman–Crippen MR) is 67.2 cm³/mol. The summed E-state index contributed by atoms with van der Waals surface area (Å²) in [6, 6.07) is 1.56. The first-order valence-corrected chi connectivity index (χ1v) is 6.51. The molecule has 1 unspecified atom stereocenters. The largest absolute Gasteiger partial charge is 0.310 e. The second kappa shape index (κ2) is 5.31. The van der Waals surface area contributed by atoms with Crippen molar-refractivity contribution in [2.24, 2.45) is 0 Å². The number of rotatable bonds is 7. The van der Waals surface area contributed by atoms with Crippen LogP contribution >= 0.6 is 0 Å². The standard InChI is InChI=1S/C13H28N2/c1-6-13(4,5)14-10-11(3)15(7-2)12-8-9-12/h11-12,14H,6-10H2,1-5H3. The van der Waals surface area contributed by atoms with Crippen molar-refractivity contribution in [3.63, 3.8) is 0 Å². The van der Waals surface area contributed by atoms with Crippen LogP contribution in [-0.2, 0) is 0 Å². The summed E-state index contributed by atoms with van der Waals surface area (Å²) in [4.78, 5) is 2.64. The van der Waals surface area contributed by atoms with E-state index in [-0.39, 0.29) is 5.54 Å². The Morgan fingerprint density at radius 3 is 2.33 bits per heavy atom. The molecule has 0 aliphatic heterocycles. The maximum absolute atomic E-state index is 3.66. The predicted octanol–water partition coefficient (Wildman–Crippen LogP) is 2.64. The molecule has 1 aliphatic rings. The van der Waals surface area contributed by atoms with Gasteiger partial charge in [0.1, 0.15) is 0 Å². The normalized spacial score (nSPS) is 19.6. The third-order valence-electron chi connectivity index (χ3n) is 3.71. The molecule has 0 aromatic heterocycles. The average molecular weight is 212 g/mol. The van der Waals surface area contributed by atoms with E-state index in [2.05, 4.69) is 44.8 Å². The Labute approximate surface area is 95.4 Å². The van der Waals surface area contributed by atoms with Crippen molar-refractivity contribution in [1.82, 2.24) is 10.2 Å². The molecule has 2 heteroatoms. The molecule has 0 aromatic carbocycles. The molecule has 0 radical (unpaired) electrons. The van der Waals surface area contributed by atoms with Crippen LogP contribution in [0.4, 0.5) is 0 Å². The SMILES string of the molecule is CCN(C(C)CNC(C)(C)CC)C1CC1. The van der Waals surface area contributed by atoms with E-state index in [4.69, 9.17) is 0 Å². The van der Waals surface area contributed by atoms with Gasteiger partial charge in [-0.15, -0.1) is 0 Å². The highest BCUT2D eigenvalue weighted by atomic mass is 15.2. The minimum atomic E-state index is 0.289. The van der Waals surface area contributed by atoms with Crippen molar-refractivity contribution < 1.29 is 0 Å². The van der Waals surface area contributed by atoms with Gasteiger partial charge in [0.15, 0.2) is 0 Å². The fourth-order valence-corrected chi connectivity index (χ4v) is 2.00. The van der Waals surface area contributed by atoms with Crippen molar-refractivity contribution in [3.05, 3.63) is 0 Å². The highest BCUT2D eigenvalue weighted by Crippen LogP contribution is 2.28. The maximum Gasteiger partial charge on any atom is 0.0195 e. The summed E-state index contributed by atoms with van der Waals surface area (Å²) in [6.07, 6.45) is 4.01. The lowest BCUT2D eigenvalue weighted by molar-refractivity contribution is 0.191. The zero-order valence-corrected chi connectivity index (χ0v) is 11.1. The molecule has 0 amide bonds. The van der Waals surface area contributed by atoms with E-state index < -0.39 is 0 Å². The third kappa shape index (κ3) is 4.12. The summed E-state index contributed by atoms with van der Waals surface area (Å²) in [6.45, 7) is 13.8. The molecule has 2 nitrogen and oxygen atoms in total. The van der Waals surface area contributed by atoms with E-state index in [9.17, 15) is 0 Å². The lowest BCUT2D eigenvalue weighted by Crippen LogP contribution is -2.48. The Morgan fingerprint density at radius 2 is 1.93 bits per heavy atom. The van der Waals surface area contributed by atoms with Crippen molar-refractivity contribution in [2.75, 3.05) is 13.1 Å². The average Bonchev–Trinajstić information content (AvgIpc) is 3.00. The smallest absolute Gasteiger partial charge is 0.0195 e. The molecule has 90 valence electrons. The Balaban J connectivity index is 2.30. The molecule has 1 N–H and O–H groups in total. The first-order chi connectivity index (χ1) is 7.00. The molecule has 0 bridgehead atoms. The third-order valence-corrected chi connectivity index (χ3v) is 3.71. The molecule has 1 saturated carbocycles. The van der Waals surface area contributed by atoms with Crippen LogP contribution in [0.15, 0.2) is 0 Å². The Morgan fingerprint density at radius 1 is 1.33 bits per heavy atom. The van der Waals surface area contributed by atoms with Crippen molar-refractivity contribution in [3.8, 4) is 0 Å². The minimum absolute atomic E-state index is 0.289. The number of nitrogens with zero attached hydrogens (tertiary/aromatic N) is 1. The van der Waals surface area contributed by atoms with Crippen LogP contribution in [0.25, 0.3) is 0 Å². The molecule has 1 aliphatic carbocycles. The molecule has 1 atom stereocenters. The van der Waals surface area contributed by atoms with Crippen molar-refractivity contribution in [1.29, 1.82) is 0 Å². The monoisotopic (exact) mass is 212 g/mol. The van der Waals surface area contributed by atoms with Gasteiger partial charge in [-0.3, -0.25) is 4.90 Å². The summed E-state index contributed by atoms with van der Waals surface area (Å²) in [5, 5.41) is 3.66. The Kier molecular flexibility index (Phi) is 4.60. The number of likely N-dealkylation sites (N-methyl/N-ethyl adjacent to an activating group) is 1. The molecule has 0 heterocycles. The number of hydrogen-bond acceptors (Lipinski definition) is 2. The van der Waals surface area contributed by atoms with Gasteiger partial charge in [-0.1, -0.05) is 13.8 Å². The van der Waals surface area contributed by atoms with E-state index in [1.807, 2.05) is 0 Å². The van der Waals surface area contributed by atoms with Gasteiger partial charge < -0.3 is 5.32 Å². The second-order valence-electron chi connectivity index (χ2n) is 5.53. The van der Waals surface area contributed by atoms with Crippen LogP contribution in [0, 0.1) is 0 Å². The lowest BCUT2D eigenvalue weighted by Gasteiger charge is -2.32. The molecule has 15 heavy (non-hydrogen) atoms. The zero-order valence-electron chi connectivity index (χ0n) is 11.1. The lowest BCUT2D eigenvalue weighted by atomic mass is 10.0. The van der Waals surface area contributed by atoms with Gasteiger partial charge in [0.25, 0.3) is 0 Å². The first-order valence-electron chi connectivity index (χ1n) is 6.51. The first kappa shape index (κ1) is 13.0. The molecule has 1 rings (SSSR count). The van der Waals surface area contributed by atoms with Gasteiger partial charge >= 0.3 is 0 Å². The summed E-state index contributed by atoms with van der Waals surface area (Å²) in [5.41, 5.74) is 0.289. The molecule has 0 spiro atoms. The van der Waals surface area contributed by atoms with E-state index in [1.54, 1.807) is 0 Å². The summed E-state index contributed by atoms with van der Waals surface area (Å²) in [5.74, 6) is 0. The molecular formula is C13H28N2. The van der Waals surface area contributed by atoms with Crippen LogP contribution in [-0.4, -0.2) is 35.6 Å². The molecular weight excluding hydrogens is 184 g/mol. The Bertz CT molecular complexity index is 185. The summed E-state index contributed by atoms with van der Waals surface area (Å²) in [7, 11) is 0. The minimum Gasteiger partial charge on any atom is -0.310 e. The molecule has 0 aromatic rings. The fourth-order valence-electron chi connectivity index (χ4n) is 2.00. The van der Waals surface area contributed by atoms with Crippen LogP contribution < -0.4 is 5.32 Å². The van der Waals surface area contributed by atoms with Gasteiger partial charge in [0, 0.05) is 24.2 Å². The quantitative estimate of drug-likeness (QED) is 0.698. The summed E-state index contributed by atoms with van der Waals surface area (Å²) < 4.78 is 0. The highest BCUT2D eigenvalue weighted by Gasteiger charge is 2.31. The van der Waals surface area contributed by atoms with Crippen molar-refractivity contribution in [2.45, 2.75) is 71.5 Å². The van der Waals surface area contributed by atoms with E-state index >= 15 is 0 Å². The van der Waals surface area contributed by atoms with Crippen LogP contribution in [0.3, 0.4) is 0 Å². The van der Waals surface area contributed by atoms with E-state index in [0.29, 0.717) is 6.04 Å². The van der Waals surface area contributed by atoms with Gasteiger partial charge in [-0.2, -0.15) is 0 Å². The topological polar surface area (TPSA) is 15.3 Å². The van der Waals surface area contributed by atoms with Gasteiger partial charge in [-0.05, 0) is 46.6 Å². The van der Waals surface area contributed by atoms with Gasteiger partial charge in [-0.25, -0.2) is 0 Å². The van der Waals surface area contributed by atoms with Gasteiger partial charge in [0.2, 0.25) is 0 Å². The van der Waals surface area contributed by atoms with Crippen molar-refractivity contribution >= 4 is 0 Å². The molecule has 0 saturated heterocycles. The van der Waals surface area contributed by atoms with Crippen LogP contribution in [0.2, 0.25) is 0 Å². The van der Waals surface area contributed by atoms with Crippen LogP contribution in [0.5, 0.6) is 0 Å². The van der Waals surface area contributed by atoms with E-state index in [1.165, 1.54) is 25.8 Å². The fraction of sp³-hybridized carbons (Fsp3) is 1.00.